The molecule has 0 saturated carbocycles. The van der Waals surface area contributed by atoms with E-state index in [-0.39, 0.29) is 5.70 Å². The Labute approximate surface area is 206 Å². The van der Waals surface area contributed by atoms with Gasteiger partial charge in [0, 0.05) is 16.4 Å². The Hall–Kier alpha value is -3.04. The second-order valence-electron chi connectivity index (χ2n) is 7.33. The number of nitrogens with one attached hydrogen (secondary N) is 3. The van der Waals surface area contributed by atoms with Gasteiger partial charge in [-0.3, -0.25) is 14.5 Å². The monoisotopic (exact) mass is 523 g/mol. The number of carboxylic acids is 1. The Bertz CT molecular complexity index is 1150. The first-order valence-corrected chi connectivity index (χ1v) is 13.0. The highest BCUT2D eigenvalue weighted by Gasteiger charge is 2.54. The van der Waals surface area contributed by atoms with Crippen LogP contribution in [0.5, 0.6) is 0 Å². The molecule has 2 aromatic heterocycles. The van der Waals surface area contributed by atoms with Gasteiger partial charge in [0.2, 0.25) is 5.91 Å². The van der Waals surface area contributed by atoms with Crippen molar-refractivity contribution in [2.24, 2.45) is 5.73 Å². The number of aryl methyl sites for hydroxylation is 1. The molecule has 4 amide bonds. The Balaban J connectivity index is 1.48. The number of fused-ring (bicyclic) bond motifs is 1. The fraction of sp³-hybridized carbons (Fsp3) is 0.368. The summed E-state index contributed by atoms with van der Waals surface area (Å²) in [5.74, 6) is -1.61. The van der Waals surface area contributed by atoms with Gasteiger partial charge < -0.3 is 21.5 Å². The van der Waals surface area contributed by atoms with E-state index in [4.69, 9.17) is 5.73 Å². The molecule has 2 aromatic rings. The normalized spacial score (nSPS) is 20.4. The van der Waals surface area contributed by atoms with Crippen molar-refractivity contribution in [2.45, 2.75) is 35.8 Å². The Morgan fingerprint density at radius 3 is 2.85 bits per heavy atom. The van der Waals surface area contributed by atoms with Crippen LogP contribution in [0.3, 0.4) is 0 Å². The van der Waals surface area contributed by atoms with Gasteiger partial charge in [-0.25, -0.2) is 9.59 Å². The number of hydrogen-bond acceptors (Lipinski definition) is 9. The summed E-state index contributed by atoms with van der Waals surface area (Å²) >= 11 is 3.98. The quantitative estimate of drug-likeness (QED) is 0.233. The number of H-pyrrole nitrogens is 1. The average molecular weight is 524 g/mol. The molecule has 2 unspecified atom stereocenters. The lowest BCUT2D eigenvalue weighted by Crippen LogP contribution is -2.71. The molecule has 3 atom stereocenters. The third kappa shape index (κ3) is 4.63. The number of hydrogen-bond donors (Lipinski definition) is 5. The average Bonchev–Trinajstić information content (AvgIpc) is 3.50. The lowest BCUT2D eigenvalue weighted by atomic mass is 10.0. The number of β-lactam (4-membered cyclic amide) rings is 1. The highest BCUT2D eigenvalue weighted by Crippen LogP contribution is 2.41. The van der Waals surface area contributed by atoms with E-state index in [2.05, 4.69) is 26.0 Å². The molecule has 0 aliphatic carbocycles. The summed E-state index contributed by atoms with van der Waals surface area (Å²) < 4.78 is 0. The van der Waals surface area contributed by atoms with E-state index in [0.717, 1.165) is 5.69 Å². The second-order valence-corrected chi connectivity index (χ2v) is 10.4. The molecular weight excluding hydrogens is 502 g/mol. The predicted octanol–water partition coefficient (Wildman–Crippen LogP) is 0.669. The molecule has 2 aliphatic heterocycles. The van der Waals surface area contributed by atoms with Crippen molar-refractivity contribution in [3.63, 3.8) is 0 Å². The molecule has 1 saturated heterocycles. The zero-order valence-electron chi connectivity index (χ0n) is 17.8. The van der Waals surface area contributed by atoms with E-state index in [1.54, 1.807) is 17.5 Å². The third-order valence-electron chi connectivity index (χ3n) is 5.23. The lowest BCUT2D eigenvalue weighted by Gasteiger charge is -2.49. The van der Waals surface area contributed by atoms with Crippen LogP contribution in [-0.2, 0) is 20.8 Å². The zero-order chi connectivity index (χ0) is 24.4. The highest BCUT2D eigenvalue weighted by molar-refractivity contribution is 8.01. The number of amides is 4. The first kappa shape index (κ1) is 24.1. The standard InChI is InChI=1S/C19H21N7O5S3/c1-2-9-15(24-25-23-9)33-6-8-7-34-17-12(16(28)26(17)13(8)18(29)30)21-14(27)11(22-19(20)31)10-4-3-5-32-10/h3-5,11-12,17H,2,6-7H2,1H3,(H,21,27)(H,29,30)(H3,20,22,31)(H,23,24,25)/t11?,12-,17?/m0/s1. The van der Waals surface area contributed by atoms with Crippen LogP contribution in [0.4, 0.5) is 4.79 Å². The molecule has 2 aliphatic rings. The minimum Gasteiger partial charge on any atom is -0.477 e. The summed E-state index contributed by atoms with van der Waals surface area (Å²) in [7, 11) is 0. The molecule has 4 heterocycles. The van der Waals surface area contributed by atoms with Gasteiger partial charge in [0.1, 0.15) is 28.2 Å². The number of aromatic nitrogens is 3. The summed E-state index contributed by atoms with van der Waals surface area (Å²) in [5.41, 5.74) is 6.52. The summed E-state index contributed by atoms with van der Waals surface area (Å²) in [6.07, 6.45) is 0.684. The molecule has 1 fully saturated rings. The first-order valence-electron chi connectivity index (χ1n) is 10.1. The van der Waals surface area contributed by atoms with Gasteiger partial charge in [-0.15, -0.1) is 28.2 Å². The van der Waals surface area contributed by atoms with Crippen molar-refractivity contribution < 1.29 is 24.3 Å². The number of aromatic amines is 1. The molecule has 15 heteroatoms. The number of carbonyl (C=O) groups is 4. The number of nitrogens with two attached hydrogens (primary N) is 1. The van der Waals surface area contributed by atoms with Crippen LogP contribution in [0.1, 0.15) is 23.5 Å². The van der Waals surface area contributed by atoms with Crippen LogP contribution in [-0.4, -0.2) is 72.2 Å². The van der Waals surface area contributed by atoms with E-state index in [0.29, 0.717) is 33.4 Å². The van der Waals surface area contributed by atoms with Crippen LogP contribution >= 0.6 is 34.9 Å². The second kappa shape index (κ2) is 10.1. The van der Waals surface area contributed by atoms with E-state index >= 15 is 0 Å². The first-order chi connectivity index (χ1) is 16.3. The van der Waals surface area contributed by atoms with E-state index in [1.165, 1.54) is 39.8 Å². The number of thiophene rings is 1. The number of rotatable bonds is 9. The maximum absolute atomic E-state index is 12.9. The van der Waals surface area contributed by atoms with Crippen LogP contribution < -0.4 is 16.4 Å². The van der Waals surface area contributed by atoms with E-state index in [9.17, 15) is 24.3 Å². The summed E-state index contributed by atoms with van der Waals surface area (Å²) in [5, 5.41) is 27.4. The number of thioether (sulfide) groups is 2. The lowest BCUT2D eigenvalue weighted by molar-refractivity contribution is -0.150. The molecule has 12 nitrogen and oxygen atoms in total. The molecule has 180 valence electrons. The minimum atomic E-state index is -1.21. The molecule has 0 bridgehead atoms. The molecule has 34 heavy (non-hydrogen) atoms. The Morgan fingerprint density at radius 2 is 2.21 bits per heavy atom. The molecule has 0 spiro atoms. The molecular formula is C19H21N7O5S3. The number of urea groups is 1. The van der Waals surface area contributed by atoms with Crippen LogP contribution in [0.2, 0.25) is 0 Å². The topological polar surface area (TPSA) is 183 Å². The number of carboxylic acid groups (broad SMARTS) is 1. The van der Waals surface area contributed by atoms with Gasteiger partial charge in [0.15, 0.2) is 0 Å². The fourth-order valence-electron chi connectivity index (χ4n) is 3.64. The molecule has 0 aromatic carbocycles. The third-order valence-corrected chi connectivity index (χ3v) is 8.60. The van der Waals surface area contributed by atoms with Crippen molar-refractivity contribution in [2.75, 3.05) is 11.5 Å². The van der Waals surface area contributed by atoms with Crippen molar-refractivity contribution >= 4 is 58.7 Å². The van der Waals surface area contributed by atoms with E-state index in [1.807, 2.05) is 6.92 Å². The van der Waals surface area contributed by atoms with Gasteiger partial charge in [0.05, 0.1) is 5.69 Å². The van der Waals surface area contributed by atoms with Crippen LogP contribution in [0.25, 0.3) is 0 Å². The fourth-order valence-corrected chi connectivity index (χ4v) is 6.90. The highest BCUT2D eigenvalue weighted by atomic mass is 32.2. The number of nitrogens with zero attached hydrogens (tertiary/aromatic N) is 3. The van der Waals surface area contributed by atoms with Gasteiger partial charge in [-0.2, -0.15) is 10.3 Å². The van der Waals surface area contributed by atoms with Crippen molar-refractivity contribution in [1.29, 1.82) is 0 Å². The van der Waals surface area contributed by atoms with Gasteiger partial charge >= 0.3 is 12.0 Å². The number of carbonyl (C=O) groups excluding carboxylic acids is 3. The molecule has 6 N–H and O–H groups in total. The number of primary amides is 1. The van der Waals surface area contributed by atoms with E-state index < -0.39 is 41.3 Å². The molecule has 0 radical (unpaired) electrons. The number of aliphatic carboxylic acids is 1. The summed E-state index contributed by atoms with van der Waals surface area (Å²) in [4.78, 5) is 51.0. The van der Waals surface area contributed by atoms with Crippen molar-refractivity contribution in [1.82, 2.24) is 30.9 Å². The zero-order valence-corrected chi connectivity index (χ0v) is 20.3. The van der Waals surface area contributed by atoms with Gasteiger partial charge in [-0.05, 0) is 23.4 Å². The van der Waals surface area contributed by atoms with Crippen molar-refractivity contribution in [3.8, 4) is 0 Å². The summed E-state index contributed by atoms with van der Waals surface area (Å²) in [6.45, 7) is 1.94. The Kier molecular flexibility index (Phi) is 7.13. The minimum absolute atomic E-state index is 0.0710. The van der Waals surface area contributed by atoms with Crippen molar-refractivity contribution in [3.05, 3.63) is 39.4 Å². The van der Waals surface area contributed by atoms with Gasteiger partial charge in [0.25, 0.3) is 5.91 Å². The summed E-state index contributed by atoms with van der Waals surface area (Å²) in [6, 6.07) is 0.550. The SMILES string of the molecule is CCc1n[nH]nc1SCC1=C(C(=O)O)N2C(=O)[C@H](NC(=O)C(NC(N)=O)c3cccs3)C2SC1. The Morgan fingerprint density at radius 1 is 1.41 bits per heavy atom. The smallest absolute Gasteiger partial charge is 0.352 e. The predicted molar refractivity (Wildman–Crippen MR) is 126 cm³/mol. The maximum Gasteiger partial charge on any atom is 0.352 e. The van der Waals surface area contributed by atoms with Crippen LogP contribution in [0.15, 0.2) is 33.8 Å². The van der Waals surface area contributed by atoms with Gasteiger partial charge in [-0.1, -0.05) is 24.8 Å². The molecule has 4 rings (SSSR count). The maximum atomic E-state index is 12.9. The largest absolute Gasteiger partial charge is 0.477 e. The van der Waals surface area contributed by atoms with Crippen LogP contribution in [0, 0.1) is 0 Å².